The first-order valence-corrected chi connectivity index (χ1v) is 6.49. The molecular formula is C13H26ClN3O2. The first-order chi connectivity index (χ1) is 8.25. The van der Waals surface area contributed by atoms with Crippen molar-refractivity contribution in [2.45, 2.75) is 38.1 Å². The number of hydrogen-bond acceptors (Lipinski definition) is 3. The van der Waals surface area contributed by atoms with Gasteiger partial charge in [0.2, 0.25) is 11.8 Å². The summed E-state index contributed by atoms with van der Waals surface area (Å²) in [6.07, 6.45) is 3.82. The van der Waals surface area contributed by atoms with Crippen LogP contribution in [-0.4, -0.2) is 54.8 Å². The summed E-state index contributed by atoms with van der Waals surface area (Å²) in [5.41, 5.74) is 5.77. The van der Waals surface area contributed by atoms with E-state index < -0.39 is 5.54 Å². The molecule has 0 spiro atoms. The molecule has 112 valence electrons. The van der Waals surface area contributed by atoms with Crippen LogP contribution >= 0.6 is 12.4 Å². The highest BCUT2D eigenvalue weighted by molar-refractivity contribution is 5.86. The Balaban J connectivity index is 0.00000324. The van der Waals surface area contributed by atoms with Gasteiger partial charge in [0.05, 0.1) is 12.5 Å². The van der Waals surface area contributed by atoms with Gasteiger partial charge in [0.15, 0.2) is 0 Å². The van der Waals surface area contributed by atoms with Gasteiger partial charge in [-0.25, -0.2) is 0 Å². The summed E-state index contributed by atoms with van der Waals surface area (Å²) in [6.45, 7) is 2.06. The maximum atomic E-state index is 12.3. The van der Waals surface area contributed by atoms with E-state index in [-0.39, 0.29) is 36.7 Å². The highest BCUT2D eigenvalue weighted by Crippen LogP contribution is 2.32. The van der Waals surface area contributed by atoms with Crippen molar-refractivity contribution in [2.75, 3.05) is 27.7 Å². The molecular weight excluding hydrogens is 266 g/mol. The van der Waals surface area contributed by atoms with E-state index in [2.05, 4.69) is 0 Å². The largest absolute Gasteiger partial charge is 0.347 e. The van der Waals surface area contributed by atoms with Gasteiger partial charge in [-0.1, -0.05) is 12.8 Å². The van der Waals surface area contributed by atoms with E-state index in [4.69, 9.17) is 5.73 Å². The Bertz CT molecular complexity index is 332. The van der Waals surface area contributed by atoms with Crippen molar-refractivity contribution in [2.24, 2.45) is 11.7 Å². The summed E-state index contributed by atoms with van der Waals surface area (Å²) < 4.78 is 0. The van der Waals surface area contributed by atoms with Gasteiger partial charge in [0.1, 0.15) is 0 Å². The van der Waals surface area contributed by atoms with Crippen molar-refractivity contribution in [1.29, 1.82) is 0 Å². The summed E-state index contributed by atoms with van der Waals surface area (Å²) >= 11 is 0. The molecule has 1 aliphatic carbocycles. The minimum atomic E-state index is -0.440. The maximum absolute atomic E-state index is 12.3. The highest BCUT2D eigenvalue weighted by Gasteiger charge is 2.39. The summed E-state index contributed by atoms with van der Waals surface area (Å²) in [7, 11) is 5.05. The Morgan fingerprint density at radius 3 is 2.32 bits per heavy atom. The van der Waals surface area contributed by atoms with E-state index in [0.29, 0.717) is 0 Å². The zero-order valence-corrected chi connectivity index (χ0v) is 13.1. The molecule has 0 aromatic heterocycles. The lowest BCUT2D eigenvalue weighted by atomic mass is 9.74. The zero-order valence-electron chi connectivity index (χ0n) is 12.3. The SMILES string of the molecule is CN(C)C(=O)CN(C)C(=O)C1CCCCC1(C)N.Cl. The number of halogens is 1. The van der Waals surface area contributed by atoms with Crippen LogP contribution in [0.4, 0.5) is 0 Å². The van der Waals surface area contributed by atoms with Gasteiger partial charge >= 0.3 is 0 Å². The van der Waals surface area contributed by atoms with Crippen LogP contribution in [-0.2, 0) is 9.59 Å². The summed E-state index contributed by atoms with van der Waals surface area (Å²) in [6, 6.07) is 0. The maximum Gasteiger partial charge on any atom is 0.241 e. The Hall–Kier alpha value is -0.810. The van der Waals surface area contributed by atoms with Crippen molar-refractivity contribution < 1.29 is 9.59 Å². The predicted molar refractivity (Wildman–Crippen MR) is 78.1 cm³/mol. The fourth-order valence-electron chi connectivity index (χ4n) is 2.45. The third-order valence-corrected chi connectivity index (χ3v) is 3.80. The van der Waals surface area contributed by atoms with Gasteiger partial charge < -0.3 is 15.5 Å². The minimum absolute atomic E-state index is 0. The summed E-state index contributed by atoms with van der Waals surface area (Å²) in [5, 5.41) is 0. The van der Waals surface area contributed by atoms with Crippen molar-refractivity contribution in [3.63, 3.8) is 0 Å². The lowest BCUT2D eigenvalue weighted by Gasteiger charge is -2.39. The van der Waals surface area contributed by atoms with Crippen LogP contribution in [0.2, 0.25) is 0 Å². The molecule has 0 aromatic rings. The standard InChI is InChI=1S/C13H25N3O2.ClH/c1-13(14)8-6-5-7-10(13)12(18)16(4)9-11(17)15(2)3;/h10H,5-9,14H2,1-4H3;1H. The molecule has 2 atom stereocenters. The molecule has 0 saturated heterocycles. The second kappa shape index (κ2) is 7.10. The van der Waals surface area contributed by atoms with Gasteiger partial charge in [-0.2, -0.15) is 0 Å². The molecule has 19 heavy (non-hydrogen) atoms. The van der Waals surface area contributed by atoms with E-state index in [1.54, 1.807) is 21.1 Å². The second-order valence-electron chi connectivity index (χ2n) is 5.79. The fourth-order valence-corrected chi connectivity index (χ4v) is 2.45. The molecule has 0 radical (unpaired) electrons. The second-order valence-corrected chi connectivity index (χ2v) is 5.79. The van der Waals surface area contributed by atoms with Gasteiger partial charge in [-0.3, -0.25) is 9.59 Å². The predicted octanol–water partition coefficient (Wildman–Crippen LogP) is 0.862. The third-order valence-electron chi connectivity index (χ3n) is 3.80. The molecule has 1 saturated carbocycles. The van der Waals surface area contributed by atoms with Gasteiger partial charge in [-0.05, 0) is 19.8 Å². The van der Waals surface area contributed by atoms with Crippen molar-refractivity contribution in [3.05, 3.63) is 0 Å². The quantitative estimate of drug-likeness (QED) is 0.839. The molecule has 1 rings (SSSR count). The fraction of sp³-hybridized carbons (Fsp3) is 0.846. The van der Waals surface area contributed by atoms with Crippen LogP contribution in [0.15, 0.2) is 0 Å². The number of carbonyl (C=O) groups excluding carboxylic acids is 2. The first kappa shape index (κ1) is 18.2. The molecule has 6 heteroatoms. The van der Waals surface area contributed by atoms with Crippen molar-refractivity contribution >= 4 is 24.2 Å². The third kappa shape index (κ3) is 4.66. The van der Waals surface area contributed by atoms with Crippen molar-refractivity contribution in [1.82, 2.24) is 9.80 Å². The van der Waals surface area contributed by atoms with Crippen LogP contribution < -0.4 is 5.73 Å². The molecule has 0 bridgehead atoms. The zero-order chi connectivity index (χ0) is 13.9. The van der Waals surface area contributed by atoms with Crippen LogP contribution in [0.5, 0.6) is 0 Å². The van der Waals surface area contributed by atoms with Crippen LogP contribution in [0, 0.1) is 5.92 Å². The van der Waals surface area contributed by atoms with E-state index in [9.17, 15) is 9.59 Å². The van der Waals surface area contributed by atoms with E-state index in [0.717, 1.165) is 25.7 Å². The topological polar surface area (TPSA) is 66.6 Å². The Labute approximate surface area is 121 Å². The van der Waals surface area contributed by atoms with E-state index in [1.165, 1.54) is 9.80 Å². The van der Waals surface area contributed by atoms with E-state index >= 15 is 0 Å². The number of amides is 2. The summed E-state index contributed by atoms with van der Waals surface area (Å²) in [4.78, 5) is 26.9. The van der Waals surface area contributed by atoms with E-state index in [1.807, 2.05) is 6.92 Å². The average Bonchev–Trinajstić information content (AvgIpc) is 2.27. The lowest BCUT2D eigenvalue weighted by Crippen LogP contribution is -2.54. The average molecular weight is 292 g/mol. The Morgan fingerprint density at radius 1 is 1.26 bits per heavy atom. The summed E-state index contributed by atoms with van der Waals surface area (Å²) in [5.74, 6) is -0.235. The van der Waals surface area contributed by atoms with Gasteiger partial charge in [0, 0.05) is 26.7 Å². The van der Waals surface area contributed by atoms with Crippen LogP contribution in [0.1, 0.15) is 32.6 Å². The van der Waals surface area contributed by atoms with Crippen LogP contribution in [0.25, 0.3) is 0 Å². The highest BCUT2D eigenvalue weighted by atomic mass is 35.5. The first-order valence-electron chi connectivity index (χ1n) is 6.49. The molecule has 0 heterocycles. The minimum Gasteiger partial charge on any atom is -0.347 e. The molecule has 5 nitrogen and oxygen atoms in total. The van der Waals surface area contributed by atoms with Crippen LogP contribution in [0.3, 0.4) is 0 Å². The number of carbonyl (C=O) groups is 2. The van der Waals surface area contributed by atoms with Gasteiger partial charge in [-0.15, -0.1) is 12.4 Å². The number of nitrogens with zero attached hydrogens (tertiary/aromatic N) is 2. The number of nitrogens with two attached hydrogens (primary N) is 1. The monoisotopic (exact) mass is 291 g/mol. The molecule has 0 aliphatic heterocycles. The lowest BCUT2D eigenvalue weighted by molar-refractivity contribution is -0.142. The molecule has 1 fully saturated rings. The Morgan fingerprint density at radius 2 is 1.84 bits per heavy atom. The van der Waals surface area contributed by atoms with Gasteiger partial charge in [0.25, 0.3) is 0 Å². The molecule has 2 unspecified atom stereocenters. The molecule has 1 aliphatic rings. The normalized spacial score (nSPS) is 26.3. The molecule has 2 amide bonds. The van der Waals surface area contributed by atoms with Crippen molar-refractivity contribution in [3.8, 4) is 0 Å². The number of hydrogen-bond donors (Lipinski definition) is 1. The smallest absolute Gasteiger partial charge is 0.241 e. The molecule has 2 N–H and O–H groups in total. The number of likely N-dealkylation sites (N-methyl/N-ethyl adjacent to an activating group) is 2. The molecule has 0 aromatic carbocycles. The Kier molecular flexibility index (Phi) is 6.80. The number of rotatable bonds is 3.